The summed E-state index contributed by atoms with van der Waals surface area (Å²) in [6.07, 6.45) is 7.21. The van der Waals surface area contributed by atoms with E-state index < -0.39 is 11.2 Å². The van der Waals surface area contributed by atoms with Crippen molar-refractivity contribution in [2.45, 2.75) is 52.0 Å². The van der Waals surface area contributed by atoms with Crippen LogP contribution in [0.4, 0.5) is 11.5 Å². The van der Waals surface area contributed by atoms with E-state index in [1.54, 1.807) is 0 Å². The second kappa shape index (κ2) is 12.3. The number of hydrogen-bond acceptors (Lipinski definition) is 5. The maximum absolute atomic E-state index is 13.5. The first kappa shape index (κ1) is 26.0. The number of H-pyrrole nitrogens is 1. The number of benzene rings is 2. The minimum Gasteiger partial charge on any atom is -0.493 e. The summed E-state index contributed by atoms with van der Waals surface area (Å²) in [4.78, 5) is 43.0. The molecule has 0 saturated heterocycles. The van der Waals surface area contributed by atoms with Gasteiger partial charge in [-0.2, -0.15) is 0 Å². The summed E-state index contributed by atoms with van der Waals surface area (Å²) in [6.45, 7) is 2.58. The lowest BCUT2D eigenvalue weighted by Crippen LogP contribution is -2.42. The van der Waals surface area contributed by atoms with Gasteiger partial charge in [0.15, 0.2) is 5.69 Å². The number of nitrogens with one attached hydrogen (secondary N) is 1. The molecule has 3 aromatic rings. The summed E-state index contributed by atoms with van der Waals surface area (Å²) >= 11 is 0. The van der Waals surface area contributed by atoms with Gasteiger partial charge < -0.3 is 15.4 Å². The number of para-hydroxylation sites is 1. The van der Waals surface area contributed by atoms with Crippen molar-refractivity contribution in [2.24, 2.45) is 0 Å². The van der Waals surface area contributed by atoms with Gasteiger partial charge >= 0.3 is 5.69 Å². The third-order valence-corrected chi connectivity index (χ3v) is 6.68. The molecule has 0 atom stereocenters. The van der Waals surface area contributed by atoms with E-state index in [1.165, 1.54) is 21.5 Å². The fourth-order valence-corrected chi connectivity index (χ4v) is 4.61. The van der Waals surface area contributed by atoms with Crippen molar-refractivity contribution in [2.75, 3.05) is 23.8 Å². The van der Waals surface area contributed by atoms with E-state index in [-0.39, 0.29) is 37.0 Å². The number of carbonyl (C=O) groups is 1. The molecule has 8 heteroatoms. The largest absolute Gasteiger partial charge is 0.493 e. The third-order valence-electron chi connectivity index (χ3n) is 6.68. The number of aryl methyl sites for hydroxylation is 1. The molecule has 4 rings (SSSR count). The number of aromatic nitrogens is 2. The molecule has 0 bridgehead atoms. The maximum atomic E-state index is 13.5. The first-order chi connectivity index (χ1) is 17.9. The van der Waals surface area contributed by atoms with E-state index in [9.17, 15) is 14.4 Å². The molecule has 1 amide bonds. The topological polar surface area (TPSA) is 110 Å². The summed E-state index contributed by atoms with van der Waals surface area (Å²) in [5, 5.41) is 0. The monoisotopic (exact) mass is 502 g/mol. The highest BCUT2D eigenvalue weighted by atomic mass is 16.5. The predicted octanol–water partition coefficient (Wildman–Crippen LogP) is 4.17. The number of aromatic amines is 1. The number of carbonyl (C=O) groups excluding carboxylic acids is 1. The Hall–Kier alpha value is -4.07. The van der Waals surface area contributed by atoms with Gasteiger partial charge in [0.05, 0.1) is 19.6 Å². The van der Waals surface area contributed by atoms with Crippen LogP contribution in [0, 0.1) is 6.92 Å². The Labute approximate surface area is 216 Å². The van der Waals surface area contributed by atoms with Crippen molar-refractivity contribution in [1.82, 2.24) is 9.55 Å². The molecule has 0 aliphatic heterocycles. The highest BCUT2D eigenvalue weighted by Crippen LogP contribution is 2.24. The minimum absolute atomic E-state index is 0.00725. The molecule has 0 saturated carbocycles. The molecule has 1 aliphatic carbocycles. The molecule has 0 fully saturated rings. The molecule has 0 unspecified atom stereocenters. The van der Waals surface area contributed by atoms with Crippen LogP contribution >= 0.6 is 0 Å². The molecule has 194 valence electrons. The van der Waals surface area contributed by atoms with Crippen molar-refractivity contribution < 1.29 is 9.53 Å². The SMILES string of the molecule is Cc1ccccc1OCCC(=O)N(CCC1=CCCCC1)c1c(N)n(Cc2ccccc2)c(=O)[nH]c1=O. The third kappa shape index (κ3) is 6.58. The van der Waals surface area contributed by atoms with Gasteiger partial charge in [-0.3, -0.25) is 19.1 Å². The number of hydrogen-bond donors (Lipinski definition) is 2. The van der Waals surface area contributed by atoms with Crippen molar-refractivity contribution in [1.29, 1.82) is 0 Å². The summed E-state index contributed by atoms with van der Waals surface area (Å²) in [7, 11) is 0. The number of amides is 1. The van der Waals surface area contributed by atoms with E-state index in [4.69, 9.17) is 10.5 Å². The number of nitrogens with two attached hydrogens (primary N) is 1. The van der Waals surface area contributed by atoms with E-state index in [0.29, 0.717) is 18.7 Å². The van der Waals surface area contributed by atoms with Crippen molar-refractivity contribution in [3.05, 3.63) is 98.2 Å². The van der Waals surface area contributed by atoms with Gasteiger partial charge in [-0.15, -0.1) is 0 Å². The standard InChI is InChI=1S/C29H34N4O4/c1-21-10-8-9-15-24(21)37-19-17-25(34)32(18-16-22-11-4-2-5-12-22)26-27(30)33(29(36)31-28(26)35)20-23-13-6-3-7-14-23/h3,6-11,13-15H,2,4-5,12,16-20,30H2,1H3,(H,31,35,36). The summed E-state index contributed by atoms with van der Waals surface area (Å²) in [5.41, 5.74) is 8.25. The van der Waals surface area contributed by atoms with Crippen molar-refractivity contribution in [3.8, 4) is 5.75 Å². The maximum Gasteiger partial charge on any atom is 0.330 e. The zero-order valence-electron chi connectivity index (χ0n) is 21.2. The lowest BCUT2D eigenvalue weighted by atomic mass is 9.97. The average molecular weight is 503 g/mol. The highest BCUT2D eigenvalue weighted by Gasteiger charge is 2.25. The number of allylic oxidation sites excluding steroid dienone is 1. The molecule has 0 radical (unpaired) electrons. The van der Waals surface area contributed by atoms with Crippen LogP contribution in [0.25, 0.3) is 0 Å². The highest BCUT2D eigenvalue weighted by molar-refractivity contribution is 5.95. The average Bonchev–Trinajstić information content (AvgIpc) is 2.90. The van der Waals surface area contributed by atoms with Gasteiger partial charge in [0.25, 0.3) is 5.56 Å². The Kier molecular flexibility index (Phi) is 8.61. The van der Waals surface area contributed by atoms with Crippen LogP contribution in [-0.2, 0) is 11.3 Å². The van der Waals surface area contributed by atoms with Crippen molar-refractivity contribution >= 4 is 17.4 Å². The Bertz CT molecular complexity index is 1370. The number of rotatable bonds is 10. The molecule has 37 heavy (non-hydrogen) atoms. The van der Waals surface area contributed by atoms with Crippen molar-refractivity contribution in [3.63, 3.8) is 0 Å². The fraction of sp³-hybridized carbons (Fsp3) is 0.345. The fourth-order valence-electron chi connectivity index (χ4n) is 4.61. The van der Waals surface area contributed by atoms with Crippen LogP contribution in [-0.4, -0.2) is 28.6 Å². The van der Waals surface area contributed by atoms with E-state index in [1.807, 2.05) is 61.5 Å². The normalized spacial score (nSPS) is 13.2. The van der Waals surface area contributed by atoms with Gasteiger partial charge in [-0.1, -0.05) is 60.2 Å². The molecular weight excluding hydrogens is 468 g/mol. The van der Waals surface area contributed by atoms with Gasteiger partial charge in [-0.25, -0.2) is 4.79 Å². The summed E-state index contributed by atoms with van der Waals surface area (Å²) in [6, 6.07) is 17.0. The molecule has 8 nitrogen and oxygen atoms in total. The zero-order valence-corrected chi connectivity index (χ0v) is 21.2. The Balaban J connectivity index is 1.61. The molecule has 1 aliphatic rings. The molecule has 3 N–H and O–H groups in total. The lowest BCUT2D eigenvalue weighted by molar-refractivity contribution is -0.119. The first-order valence-corrected chi connectivity index (χ1v) is 12.8. The number of nitrogens with zero attached hydrogens (tertiary/aromatic N) is 2. The number of ether oxygens (including phenoxy) is 1. The summed E-state index contributed by atoms with van der Waals surface area (Å²) < 4.78 is 7.14. The Morgan fingerprint density at radius 2 is 1.84 bits per heavy atom. The van der Waals surface area contributed by atoms with Crippen LogP contribution in [0.15, 0.2) is 75.8 Å². The molecule has 1 heterocycles. The van der Waals surface area contributed by atoms with Gasteiger partial charge in [-0.05, 0) is 56.2 Å². The number of nitrogen functional groups attached to an aromatic ring is 1. The quantitative estimate of drug-likeness (QED) is 0.404. The minimum atomic E-state index is -0.669. The van der Waals surface area contributed by atoms with E-state index in [2.05, 4.69) is 11.1 Å². The van der Waals surface area contributed by atoms with Crippen LogP contribution in [0.1, 0.15) is 49.7 Å². The Morgan fingerprint density at radius 1 is 1.08 bits per heavy atom. The predicted molar refractivity (Wildman–Crippen MR) is 146 cm³/mol. The number of anilines is 2. The van der Waals surface area contributed by atoms with Gasteiger partial charge in [0.1, 0.15) is 11.6 Å². The molecule has 0 spiro atoms. The molecule has 1 aromatic heterocycles. The van der Waals surface area contributed by atoms with Crippen LogP contribution in [0.5, 0.6) is 5.75 Å². The molecular formula is C29H34N4O4. The van der Waals surface area contributed by atoms with Crippen LogP contribution in [0.2, 0.25) is 0 Å². The van der Waals surface area contributed by atoms with Crippen LogP contribution in [0.3, 0.4) is 0 Å². The lowest BCUT2D eigenvalue weighted by Gasteiger charge is -2.26. The summed E-state index contributed by atoms with van der Waals surface area (Å²) in [5.74, 6) is 0.401. The van der Waals surface area contributed by atoms with Gasteiger partial charge in [0.2, 0.25) is 5.91 Å². The van der Waals surface area contributed by atoms with Gasteiger partial charge in [0, 0.05) is 6.54 Å². The Morgan fingerprint density at radius 3 is 2.57 bits per heavy atom. The second-order valence-electron chi connectivity index (χ2n) is 9.33. The van der Waals surface area contributed by atoms with E-state index in [0.717, 1.165) is 30.4 Å². The van der Waals surface area contributed by atoms with E-state index >= 15 is 0 Å². The first-order valence-electron chi connectivity index (χ1n) is 12.8. The van der Waals surface area contributed by atoms with Crippen LogP contribution < -0.4 is 26.6 Å². The second-order valence-corrected chi connectivity index (χ2v) is 9.33. The molecule has 2 aromatic carbocycles. The smallest absolute Gasteiger partial charge is 0.330 e. The zero-order chi connectivity index (χ0) is 26.2.